The van der Waals surface area contributed by atoms with Gasteiger partial charge in [0.2, 0.25) is 5.91 Å². The number of nitrogens with zero attached hydrogens (tertiary/aromatic N) is 2. The molecule has 1 amide bonds. The van der Waals surface area contributed by atoms with E-state index in [9.17, 15) is 4.79 Å². The van der Waals surface area contributed by atoms with Crippen LogP contribution in [0.15, 0.2) is 35.6 Å². The molecule has 1 saturated carbocycles. The number of carbonyl (C=O) groups excluding carboxylic acids is 1. The third kappa shape index (κ3) is 2.87. The molecule has 1 aromatic heterocycles. The highest BCUT2D eigenvalue weighted by Gasteiger charge is 2.34. The zero-order valence-electron chi connectivity index (χ0n) is 13.0. The molecule has 120 valence electrons. The van der Waals surface area contributed by atoms with Crippen molar-refractivity contribution in [3.63, 3.8) is 0 Å². The maximum atomic E-state index is 12.7. The van der Waals surface area contributed by atoms with Crippen LogP contribution in [-0.4, -0.2) is 23.7 Å². The lowest BCUT2D eigenvalue weighted by Gasteiger charge is -2.34. The Labute approximate surface area is 135 Å². The molecule has 1 fully saturated rings. The number of nitrogens with one attached hydrogen (secondary N) is 1. The summed E-state index contributed by atoms with van der Waals surface area (Å²) < 4.78 is 5.61. The molecule has 3 aliphatic rings. The maximum Gasteiger partial charge on any atom is 0.223 e. The van der Waals surface area contributed by atoms with Gasteiger partial charge in [-0.2, -0.15) is 0 Å². The average molecular weight is 311 g/mol. The number of pyridine rings is 1. The van der Waals surface area contributed by atoms with Crippen molar-refractivity contribution >= 4 is 12.1 Å². The first-order chi connectivity index (χ1) is 11.3. The molecule has 1 aromatic rings. The van der Waals surface area contributed by atoms with Crippen LogP contribution in [0.3, 0.4) is 0 Å². The standard InChI is InChI=1S/C18H21N3O2/c22-18(13-3-4-14-11-19-8-5-12(14)10-13)21-15-6-9-23-16-2-1-7-20-17(15)16/h1-2,5,7-8,11-15H,3-4,6,9-10H2,(H,21,22). The summed E-state index contributed by atoms with van der Waals surface area (Å²) in [5.41, 5.74) is 0.852. The monoisotopic (exact) mass is 311 g/mol. The van der Waals surface area contributed by atoms with Crippen molar-refractivity contribution in [3.8, 4) is 5.75 Å². The number of ether oxygens (including phenoxy) is 1. The highest BCUT2D eigenvalue weighted by molar-refractivity contribution is 5.79. The number of aromatic nitrogens is 1. The molecule has 4 unspecified atom stereocenters. The van der Waals surface area contributed by atoms with Gasteiger partial charge in [-0.15, -0.1) is 0 Å². The van der Waals surface area contributed by atoms with Gasteiger partial charge in [-0.25, -0.2) is 0 Å². The van der Waals surface area contributed by atoms with E-state index < -0.39 is 0 Å². The van der Waals surface area contributed by atoms with Crippen LogP contribution in [0.25, 0.3) is 0 Å². The molecule has 23 heavy (non-hydrogen) atoms. The zero-order chi connectivity index (χ0) is 15.6. The minimum atomic E-state index is -0.0337. The summed E-state index contributed by atoms with van der Waals surface area (Å²) >= 11 is 0. The van der Waals surface area contributed by atoms with Gasteiger partial charge in [0.25, 0.3) is 0 Å². The maximum absolute atomic E-state index is 12.7. The van der Waals surface area contributed by atoms with E-state index in [-0.39, 0.29) is 17.9 Å². The lowest BCUT2D eigenvalue weighted by Crippen LogP contribution is -2.40. The fourth-order valence-electron chi connectivity index (χ4n) is 3.83. The fourth-order valence-corrected chi connectivity index (χ4v) is 3.83. The van der Waals surface area contributed by atoms with Gasteiger partial charge in [-0.3, -0.25) is 14.8 Å². The van der Waals surface area contributed by atoms with Crippen LogP contribution in [0.2, 0.25) is 0 Å². The summed E-state index contributed by atoms with van der Waals surface area (Å²) in [4.78, 5) is 21.3. The molecule has 4 atom stereocenters. The number of fused-ring (bicyclic) bond motifs is 2. The molecular weight excluding hydrogens is 290 g/mol. The van der Waals surface area contributed by atoms with Crippen molar-refractivity contribution in [2.24, 2.45) is 22.7 Å². The van der Waals surface area contributed by atoms with Crippen LogP contribution in [-0.2, 0) is 4.79 Å². The molecule has 0 bridgehead atoms. The molecule has 1 N–H and O–H groups in total. The van der Waals surface area contributed by atoms with Gasteiger partial charge in [0, 0.05) is 36.9 Å². The summed E-state index contributed by atoms with van der Waals surface area (Å²) in [5, 5.41) is 3.20. The SMILES string of the molecule is O=C(NC1CCOc2cccnc21)C1CCC2C=NC=CC2C1. The number of rotatable bonds is 2. The van der Waals surface area contributed by atoms with Crippen LogP contribution in [0, 0.1) is 17.8 Å². The molecule has 0 spiro atoms. The second-order valence-corrected chi connectivity index (χ2v) is 6.56. The van der Waals surface area contributed by atoms with Crippen LogP contribution >= 0.6 is 0 Å². The van der Waals surface area contributed by atoms with E-state index in [1.807, 2.05) is 24.5 Å². The molecule has 1 aliphatic carbocycles. The molecule has 5 heteroatoms. The minimum absolute atomic E-state index is 0.0337. The minimum Gasteiger partial charge on any atom is -0.491 e. The highest BCUT2D eigenvalue weighted by Crippen LogP contribution is 2.36. The Morgan fingerprint density at radius 3 is 3.17 bits per heavy atom. The Morgan fingerprint density at radius 1 is 1.26 bits per heavy atom. The topological polar surface area (TPSA) is 63.6 Å². The second kappa shape index (κ2) is 6.14. The molecule has 0 saturated heterocycles. The average Bonchev–Trinajstić information content (AvgIpc) is 2.61. The summed E-state index contributed by atoms with van der Waals surface area (Å²) in [6.07, 6.45) is 11.5. The fraction of sp³-hybridized carbons (Fsp3) is 0.500. The Morgan fingerprint density at radius 2 is 2.22 bits per heavy atom. The van der Waals surface area contributed by atoms with Crippen molar-refractivity contribution in [2.75, 3.05) is 6.61 Å². The van der Waals surface area contributed by atoms with Gasteiger partial charge >= 0.3 is 0 Å². The van der Waals surface area contributed by atoms with Crippen molar-refractivity contribution in [2.45, 2.75) is 31.7 Å². The lowest BCUT2D eigenvalue weighted by atomic mass is 9.73. The van der Waals surface area contributed by atoms with E-state index in [1.54, 1.807) is 6.20 Å². The Balaban J connectivity index is 1.43. The summed E-state index contributed by atoms with van der Waals surface area (Å²) in [6.45, 7) is 0.623. The molecule has 3 heterocycles. The van der Waals surface area contributed by atoms with E-state index in [0.29, 0.717) is 18.4 Å². The third-order valence-corrected chi connectivity index (χ3v) is 5.13. The zero-order valence-corrected chi connectivity index (χ0v) is 13.0. The lowest BCUT2D eigenvalue weighted by molar-refractivity contribution is -0.127. The van der Waals surface area contributed by atoms with Crippen molar-refractivity contribution in [3.05, 3.63) is 36.3 Å². The van der Waals surface area contributed by atoms with E-state index in [2.05, 4.69) is 21.4 Å². The first-order valence-corrected chi connectivity index (χ1v) is 8.39. The smallest absolute Gasteiger partial charge is 0.223 e. The van der Waals surface area contributed by atoms with Crippen molar-refractivity contribution < 1.29 is 9.53 Å². The van der Waals surface area contributed by atoms with Crippen molar-refractivity contribution in [1.29, 1.82) is 0 Å². The molecule has 5 nitrogen and oxygen atoms in total. The Bertz CT molecular complexity index is 655. The first-order valence-electron chi connectivity index (χ1n) is 8.39. The predicted octanol–water partition coefficient (Wildman–Crippen LogP) is 2.65. The van der Waals surface area contributed by atoms with E-state index >= 15 is 0 Å². The van der Waals surface area contributed by atoms with Crippen LogP contribution in [0.4, 0.5) is 0 Å². The van der Waals surface area contributed by atoms with Gasteiger partial charge in [0.1, 0.15) is 11.4 Å². The number of carbonyl (C=O) groups is 1. The number of hydrogen-bond donors (Lipinski definition) is 1. The van der Waals surface area contributed by atoms with Gasteiger partial charge in [-0.05, 0) is 37.3 Å². The first kappa shape index (κ1) is 14.4. The third-order valence-electron chi connectivity index (χ3n) is 5.13. The van der Waals surface area contributed by atoms with Gasteiger partial charge in [0.05, 0.1) is 12.6 Å². The molecule has 4 rings (SSSR count). The second-order valence-electron chi connectivity index (χ2n) is 6.56. The van der Waals surface area contributed by atoms with Crippen LogP contribution in [0.1, 0.15) is 37.4 Å². The molecule has 0 radical (unpaired) electrons. The number of aliphatic imine (C=N–C) groups is 1. The number of allylic oxidation sites excluding steroid dienone is 1. The highest BCUT2D eigenvalue weighted by atomic mass is 16.5. The Hall–Kier alpha value is -2.17. The number of hydrogen-bond acceptors (Lipinski definition) is 4. The number of amides is 1. The predicted molar refractivity (Wildman–Crippen MR) is 87.2 cm³/mol. The Kier molecular flexibility index (Phi) is 3.85. The van der Waals surface area contributed by atoms with Crippen LogP contribution in [0.5, 0.6) is 5.75 Å². The summed E-state index contributed by atoms with van der Waals surface area (Å²) in [6, 6.07) is 3.74. The van der Waals surface area contributed by atoms with E-state index in [1.165, 1.54) is 0 Å². The van der Waals surface area contributed by atoms with E-state index in [4.69, 9.17) is 4.74 Å². The van der Waals surface area contributed by atoms with Crippen LogP contribution < -0.4 is 10.1 Å². The van der Waals surface area contributed by atoms with Gasteiger partial charge < -0.3 is 10.1 Å². The molecule has 2 aliphatic heterocycles. The molecule has 0 aromatic carbocycles. The summed E-state index contributed by atoms with van der Waals surface area (Å²) in [7, 11) is 0. The molecular formula is C18H21N3O2. The van der Waals surface area contributed by atoms with Gasteiger partial charge in [0.15, 0.2) is 0 Å². The van der Waals surface area contributed by atoms with Gasteiger partial charge in [-0.1, -0.05) is 6.08 Å². The van der Waals surface area contributed by atoms with Crippen molar-refractivity contribution in [1.82, 2.24) is 10.3 Å². The summed E-state index contributed by atoms with van der Waals surface area (Å²) in [5.74, 6) is 2.00. The largest absolute Gasteiger partial charge is 0.491 e. The van der Waals surface area contributed by atoms with E-state index in [0.717, 1.165) is 37.1 Å². The normalized spacial score (nSPS) is 31.7. The quantitative estimate of drug-likeness (QED) is 0.913.